The zero-order valence-corrected chi connectivity index (χ0v) is 14.1. The molecule has 0 atom stereocenters. The summed E-state index contributed by atoms with van der Waals surface area (Å²) in [6, 6.07) is 5.34. The van der Waals surface area contributed by atoms with Crippen LogP contribution in [0.25, 0.3) is 0 Å². The highest BCUT2D eigenvalue weighted by atomic mass is 32.2. The Kier molecular flexibility index (Phi) is 3.93. The van der Waals surface area contributed by atoms with Crippen LogP contribution in [-0.2, 0) is 22.9 Å². The first kappa shape index (κ1) is 15.5. The van der Waals surface area contributed by atoms with Gasteiger partial charge in [-0.2, -0.15) is 9.40 Å². The van der Waals surface area contributed by atoms with Gasteiger partial charge in [0.15, 0.2) is 5.82 Å². The van der Waals surface area contributed by atoms with Gasteiger partial charge in [0.05, 0.1) is 5.69 Å². The lowest BCUT2D eigenvalue weighted by molar-refractivity contribution is 0.383. The third-order valence-corrected chi connectivity index (χ3v) is 6.52. The smallest absolute Gasteiger partial charge is 0.244 e. The fraction of sp³-hybridized carbons (Fsp3) is 0.438. The number of rotatable bonds is 3. The third-order valence-electron chi connectivity index (χ3n) is 4.64. The second-order valence-corrected chi connectivity index (χ2v) is 8.05. The summed E-state index contributed by atoms with van der Waals surface area (Å²) in [4.78, 5) is 6.27. The molecule has 2 aliphatic rings. The van der Waals surface area contributed by atoms with E-state index >= 15 is 0 Å². The molecule has 0 amide bonds. The molecular weight excluding hydrogens is 326 g/mol. The van der Waals surface area contributed by atoms with E-state index in [-0.39, 0.29) is 4.90 Å². The van der Waals surface area contributed by atoms with Gasteiger partial charge in [-0.15, -0.1) is 5.10 Å². The monoisotopic (exact) mass is 345 g/mol. The number of hydrogen-bond acceptors (Lipinski definition) is 6. The van der Waals surface area contributed by atoms with Gasteiger partial charge in [0.2, 0.25) is 10.0 Å². The van der Waals surface area contributed by atoms with Crippen LogP contribution in [0.1, 0.15) is 17.7 Å². The molecule has 0 spiro atoms. The predicted molar refractivity (Wildman–Crippen MR) is 89.3 cm³/mol. The van der Waals surface area contributed by atoms with Crippen LogP contribution < -0.4 is 4.90 Å². The zero-order chi connectivity index (χ0) is 16.6. The van der Waals surface area contributed by atoms with Gasteiger partial charge < -0.3 is 4.90 Å². The summed E-state index contributed by atoms with van der Waals surface area (Å²) in [5, 5.41) is 8.64. The second-order valence-electron chi connectivity index (χ2n) is 6.11. The van der Waals surface area contributed by atoms with Gasteiger partial charge in [-0.05, 0) is 43.0 Å². The molecule has 0 N–H and O–H groups in total. The van der Waals surface area contributed by atoms with E-state index in [1.165, 1.54) is 16.1 Å². The molecule has 24 heavy (non-hydrogen) atoms. The quantitative estimate of drug-likeness (QED) is 0.821. The molecule has 2 aromatic heterocycles. The van der Waals surface area contributed by atoms with Crippen molar-refractivity contribution in [1.82, 2.24) is 19.5 Å². The standard InChI is InChI=1S/C16H19N5O2S/c22-24(23,14-4-2-6-17-12-14)21-9-7-20(8-10-21)16-11-13-3-1-5-15(13)18-19-16/h2,4,6,11-12H,1,3,5,7-10H2. The van der Waals surface area contributed by atoms with E-state index in [4.69, 9.17) is 0 Å². The average molecular weight is 345 g/mol. The molecule has 2 aromatic rings. The number of aryl methyl sites for hydroxylation is 2. The van der Waals surface area contributed by atoms with E-state index < -0.39 is 10.0 Å². The van der Waals surface area contributed by atoms with E-state index in [1.807, 2.05) is 0 Å². The molecule has 0 saturated carbocycles. The molecular formula is C16H19N5O2S. The van der Waals surface area contributed by atoms with Gasteiger partial charge in [-0.1, -0.05) is 0 Å². The molecule has 8 heteroatoms. The van der Waals surface area contributed by atoms with E-state index in [0.29, 0.717) is 26.2 Å². The lowest BCUT2D eigenvalue weighted by Gasteiger charge is -2.34. The van der Waals surface area contributed by atoms with Gasteiger partial charge in [0, 0.05) is 38.6 Å². The van der Waals surface area contributed by atoms with E-state index in [1.54, 1.807) is 18.3 Å². The summed E-state index contributed by atoms with van der Waals surface area (Å²) in [6.07, 6.45) is 6.19. The lowest BCUT2D eigenvalue weighted by Crippen LogP contribution is -2.49. The van der Waals surface area contributed by atoms with Crippen molar-refractivity contribution in [3.05, 3.63) is 41.9 Å². The van der Waals surface area contributed by atoms with Crippen molar-refractivity contribution >= 4 is 15.8 Å². The fourth-order valence-electron chi connectivity index (χ4n) is 3.28. The van der Waals surface area contributed by atoms with Crippen molar-refractivity contribution in [2.24, 2.45) is 0 Å². The molecule has 0 unspecified atom stereocenters. The zero-order valence-electron chi connectivity index (χ0n) is 13.3. The first-order valence-corrected chi connectivity index (χ1v) is 9.59. The Morgan fingerprint density at radius 3 is 2.62 bits per heavy atom. The molecule has 1 saturated heterocycles. The number of piperazine rings is 1. The number of hydrogen-bond donors (Lipinski definition) is 0. The van der Waals surface area contributed by atoms with Crippen LogP contribution in [0, 0.1) is 0 Å². The first-order valence-electron chi connectivity index (χ1n) is 8.15. The Balaban J connectivity index is 1.47. The summed E-state index contributed by atoms with van der Waals surface area (Å²) in [7, 11) is -3.47. The number of anilines is 1. The molecule has 0 aromatic carbocycles. The minimum atomic E-state index is -3.47. The molecule has 1 fully saturated rings. The van der Waals surface area contributed by atoms with Gasteiger partial charge in [0.1, 0.15) is 4.90 Å². The maximum Gasteiger partial charge on any atom is 0.244 e. The van der Waals surface area contributed by atoms with Crippen molar-refractivity contribution in [2.75, 3.05) is 31.1 Å². The molecule has 1 aliphatic heterocycles. The third kappa shape index (κ3) is 2.76. The molecule has 4 rings (SSSR count). The molecule has 1 aliphatic carbocycles. The van der Waals surface area contributed by atoms with E-state index in [2.05, 4.69) is 26.1 Å². The number of nitrogens with zero attached hydrogens (tertiary/aromatic N) is 5. The number of pyridine rings is 1. The molecule has 7 nitrogen and oxygen atoms in total. The van der Waals surface area contributed by atoms with Gasteiger partial charge in [0.25, 0.3) is 0 Å². The molecule has 0 radical (unpaired) electrons. The van der Waals surface area contributed by atoms with Crippen LogP contribution in [0.4, 0.5) is 5.82 Å². The van der Waals surface area contributed by atoms with Gasteiger partial charge in [-0.3, -0.25) is 4.98 Å². The number of aromatic nitrogens is 3. The van der Waals surface area contributed by atoms with Gasteiger partial charge >= 0.3 is 0 Å². The number of sulfonamides is 1. The summed E-state index contributed by atoms with van der Waals surface area (Å²) < 4.78 is 26.8. The normalized spacial score (nSPS) is 18.6. The molecule has 3 heterocycles. The minimum Gasteiger partial charge on any atom is -0.352 e. The highest BCUT2D eigenvalue weighted by Crippen LogP contribution is 2.24. The molecule has 126 valence electrons. The summed E-state index contributed by atoms with van der Waals surface area (Å²) in [6.45, 7) is 2.12. The van der Waals surface area contributed by atoms with Crippen molar-refractivity contribution in [3.63, 3.8) is 0 Å². The largest absolute Gasteiger partial charge is 0.352 e. The van der Waals surface area contributed by atoms with Gasteiger partial charge in [-0.25, -0.2) is 8.42 Å². The summed E-state index contributed by atoms with van der Waals surface area (Å²) in [5.41, 5.74) is 2.39. The maximum atomic E-state index is 12.6. The van der Waals surface area contributed by atoms with Crippen LogP contribution >= 0.6 is 0 Å². The minimum absolute atomic E-state index is 0.246. The SMILES string of the molecule is O=S(=O)(c1cccnc1)N1CCN(c2cc3c(nn2)CCC3)CC1. The Labute approximate surface area is 141 Å². The predicted octanol–water partition coefficient (Wildman–Crippen LogP) is 0.871. The Morgan fingerprint density at radius 1 is 1.04 bits per heavy atom. The Morgan fingerprint density at radius 2 is 1.88 bits per heavy atom. The van der Waals surface area contributed by atoms with Crippen molar-refractivity contribution in [2.45, 2.75) is 24.2 Å². The highest BCUT2D eigenvalue weighted by Gasteiger charge is 2.29. The first-order chi connectivity index (χ1) is 11.6. The lowest BCUT2D eigenvalue weighted by atomic mass is 10.2. The van der Waals surface area contributed by atoms with E-state index in [0.717, 1.165) is 30.8 Å². The second kappa shape index (κ2) is 6.10. The Hall–Kier alpha value is -2.06. The van der Waals surface area contributed by atoms with E-state index in [9.17, 15) is 8.42 Å². The van der Waals surface area contributed by atoms with Crippen molar-refractivity contribution in [3.8, 4) is 0 Å². The highest BCUT2D eigenvalue weighted by molar-refractivity contribution is 7.89. The molecule has 0 bridgehead atoms. The topological polar surface area (TPSA) is 79.3 Å². The average Bonchev–Trinajstić information content (AvgIpc) is 3.10. The van der Waals surface area contributed by atoms with Crippen LogP contribution in [-0.4, -0.2) is 54.1 Å². The Bertz CT molecular complexity index is 833. The van der Waals surface area contributed by atoms with Crippen LogP contribution in [0.15, 0.2) is 35.5 Å². The summed E-state index contributed by atoms with van der Waals surface area (Å²) >= 11 is 0. The fourth-order valence-corrected chi connectivity index (χ4v) is 4.66. The van der Waals surface area contributed by atoms with Crippen LogP contribution in [0.2, 0.25) is 0 Å². The summed E-state index contributed by atoms with van der Waals surface area (Å²) in [5.74, 6) is 0.856. The van der Waals surface area contributed by atoms with Crippen molar-refractivity contribution in [1.29, 1.82) is 0 Å². The van der Waals surface area contributed by atoms with Crippen LogP contribution in [0.3, 0.4) is 0 Å². The van der Waals surface area contributed by atoms with Crippen LogP contribution in [0.5, 0.6) is 0 Å². The van der Waals surface area contributed by atoms with Crippen molar-refractivity contribution < 1.29 is 8.42 Å². The maximum absolute atomic E-state index is 12.6. The number of fused-ring (bicyclic) bond motifs is 1.